The summed E-state index contributed by atoms with van der Waals surface area (Å²) < 4.78 is 0. The van der Waals surface area contributed by atoms with Crippen molar-refractivity contribution in [2.45, 2.75) is 18.8 Å². The first-order chi connectivity index (χ1) is 16.1. The van der Waals surface area contributed by atoms with Gasteiger partial charge < -0.3 is 11.5 Å². The topological polar surface area (TPSA) is 52.0 Å². The number of nitrogens with two attached hydrogens (primary N) is 2. The molecule has 4 aromatic rings. The average Bonchev–Trinajstić information content (AvgIpc) is 2.85. The predicted molar refractivity (Wildman–Crippen MR) is 143 cm³/mol. The molecule has 0 amide bonds. The van der Waals surface area contributed by atoms with Gasteiger partial charge in [-0.1, -0.05) is 103 Å². The standard InChI is InChI=1S/C31H30N2/c1-2-9-24-10-6-7-11-25(24)12-8-23-31(26-13-4-3-5-14-26,27-15-19-29(32)20-16-27)28-17-21-30(33)22-18-28/h2-22H,23,32-33H2,1H3/b9-2-,12-8-. The van der Waals surface area contributed by atoms with Crippen LogP contribution in [0.1, 0.15) is 41.2 Å². The number of nitrogen functional groups attached to an aromatic ring is 2. The molecule has 4 N–H and O–H groups in total. The van der Waals surface area contributed by atoms with Gasteiger partial charge in [0, 0.05) is 16.8 Å². The summed E-state index contributed by atoms with van der Waals surface area (Å²) in [6.45, 7) is 2.04. The van der Waals surface area contributed by atoms with E-state index in [1.165, 1.54) is 27.8 Å². The van der Waals surface area contributed by atoms with Gasteiger partial charge in [-0.3, -0.25) is 0 Å². The van der Waals surface area contributed by atoms with Crippen LogP contribution in [0.5, 0.6) is 0 Å². The van der Waals surface area contributed by atoms with Gasteiger partial charge in [0.2, 0.25) is 0 Å². The van der Waals surface area contributed by atoms with E-state index >= 15 is 0 Å². The molecule has 0 bridgehead atoms. The lowest BCUT2D eigenvalue weighted by Gasteiger charge is -2.35. The molecule has 0 radical (unpaired) electrons. The molecule has 0 aliphatic rings. The van der Waals surface area contributed by atoms with E-state index in [0.717, 1.165) is 17.8 Å². The van der Waals surface area contributed by atoms with Crippen molar-refractivity contribution in [1.82, 2.24) is 0 Å². The first-order valence-corrected chi connectivity index (χ1v) is 11.3. The third-order valence-corrected chi connectivity index (χ3v) is 6.14. The third-order valence-electron chi connectivity index (χ3n) is 6.14. The predicted octanol–water partition coefficient (Wildman–Crippen LogP) is 7.32. The van der Waals surface area contributed by atoms with Gasteiger partial charge in [-0.25, -0.2) is 0 Å². The van der Waals surface area contributed by atoms with Crippen LogP contribution in [0.15, 0.2) is 115 Å². The molecule has 164 valence electrons. The van der Waals surface area contributed by atoms with E-state index in [-0.39, 0.29) is 5.41 Å². The molecule has 0 spiro atoms. The Morgan fingerprint density at radius 2 is 1.03 bits per heavy atom. The molecule has 0 aromatic heterocycles. The van der Waals surface area contributed by atoms with Crippen LogP contribution in [-0.2, 0) is 5.41 Å². The van der Waals surface area contributed by atoms with Gasteiger partial charge in [0.05, 0.1) is 0 Å². The summed E-state index contributed by atoms with van der Waals surface area (Å²) in [4.78, 5) is 0. The van der Waals surface area contributed by atoms with Gasteiger partial charge in [0.25, 0.3) is 0 Å². The van der Waals surface area contributed by atoms with Crippen molar-refractivity contribution < 1.29 is 0 Å². The Morgan fingerprint density at radius 1 is 0.576 bits per heavy atom. The van der Waals surface area contributed by atoms with Crippen molar-refractivity contribution >= 4 is 23.5 Å². The van der Waals surface area contributed by atoms with Crippen LogP contribution in [-0.4, -0.2) is 0 Å². The molecule has 0 atom stereocenters. The molecule has 0 fully saturated rings. The van der Waals surface area contributed by atoms with Crippen molar-refractivity contribution in [3.63, 3.8) is 0 Å². The van der Waals surface area contributed by atoms with Crippen LogP contribution >= 0.6 is 0 Å². The minimum atomic E-state index is -0.380. The molecule has 0 aliphatic carbocycles. The number of anilines is 2. The van der Waals surface area contributed by atoms with E-state index in [0.29, 0.717) is 0 Å². The summed E-state index contributed by atoms with van der Waals surface area (Å²) in [5.41, 5.74) is 19.3. The summed E-state index contributed by atoms with van der Waals surface area (Å²) >= 11 is 0. The van der Waals surface area contributed by atoms with Crippen LogP contribution in [0.3, 0.4) is 0 Å². The largest absolute Gasteiger partial charge is 0.399 e. The molecule has 4 rings (SSSR count). The zero-order valence-electron chi connectivity index (χ0n) is 19.0. The summed E-state index contributed by atoms with van der Waals surface area (Å²) in [6, 6.07) is 35.6. The SMILES string of the molecule is C/C=C\c1ccccc1/C=C\CC(c1ccccc1)(c1ccc(N)cc1)c1ccc(N)cc1. The summed E-state index contributed by atoms with van der Waals surface area (Å²) in [6.07, 6.45) is 9.51. The maximum absolute atomic E-state index is 6.05. The summed E-state index contributed by atoms with van der Waals surface area (Å²) in [7, 11) is 0. The molecule has 0 saturated heterocycles. The molecular weight excluding hydrogens is 400 g/mol. The highest BCUT2D eigenvalue weighted by molar-refractivity contribution is 5.65. The van der Waals surface area contributed by atoms with Gasteiger partial charge in [-0.2, -0.15) is 0 Å². The number of hydrogen-bond acceptors (Lipinski definition) is 2. The Hall–Kier alpha value is -4.04. The smallest absolute Gasteiger partial charge is 0.0485 e. The van der Waals surface area contributed by atoms with E-state index in [4.69, 9.17) is 11.5 Å². The van der Waals surface area contributed by atoms with Gasteiger partial charge in [-0.05, 0) is 65.4 Å². The van der Waals surface area contributed by atoms with E-state index in [1.807, 2.05) is 31.2 Å². The van der Waals surface area contributed by atoms with Gasteiger partial charge in [0.15, 0.2) is 0 Å². The second-order valence-corrected chi connectivity index (χ2v) is 8.25. The lowest BCUT2D eigenvalue weighted by molar-refractivity contribution is 0.629. The average molecular weight is 431 g/mol. The van der Waals surface area contributed by atoms with Gasteiger partial charge in [-0.15, -0.1) is 0 Å². The van der Waals surface area contributed by atoms with E-state index in [9.17, 15) is 0 Å². The molecule has 0 saturated carbocycles. The molecule has 0 unspecified atom stereocenters. The van der Waals surface area contributed by atoms with Crippen LogP contribution < -0.4 is 11.5 Å². The molecule has 0 heterocycles. The van der Waals surface area contributed by atoms with E-state index < -0.39 is 0 Å². The molecule has 2 heteroatoms. The number of rotatable bonds is 7. The van der Waals surface area contributed by atoms with E-state index in [1.54, 1.807) is 0 Å². The van der Waals surface area contributed by atoms with Crippen molar-refractivity contribution in [1.29, 1.82) is 0 Å². The molecule has 33 heavy (non-hydrogen) atoms. The zero-order valence-corrected chi connectivity index (χ0v) is 19.0. The first kappa shape index (κ1) is 22.2. The lowest BCUT2D eigenvalue weighted by Crippen LogP contribution is -2.29. The maximum atomic E-state index is 6.05. The van der Waals surface area contributed by atoms with Crippen molar-refractivity contribution in [3.05, 3.63) is 143 Å². The molecule has 4 aromatic carbocycles. The molecule has 2 nitrogen and oxygen atoms in total. The van der Waals surface area contributed by atoms with Gasteiger partial charge in [0.1, 0.15) is 0 Å². The molecule has 0 aliphatic heterocycles. The quantitative estimate of drug-likeness (QED) is 0.238. The van der Waals surface area contributed by atoms with Crippen molar-refractivity contribution in [2.24, 2.45) is 0 Å². The Kier molecular flexibility index (Phi) is 6.75. The maximum Gasteiger partial charge on any atom is 0.0485 e. The normalized spacial score (nSPS) is 11.9. The highest BCUT2D eigenvalue weighted by atomic mass is 14.5. The Bertz CT molecular complexity index is 1190. The highest BCUT2D eigenvalue weighted by Crippen LogP contribution is 2.43. The van der Waals surface area contributed by atoms with Crippen molar-refractivity contribution in [2.75, 3.05) is 11.5 Å². The second-order valence-electron chi connectivity index (χ2n) is 8.25. The summed E-state index contributed by atoms with van der Waals surface area (Å²) in [5.74, 6) is 0. The fraction of sp³-hybridized carbons (Fsp3) is 0.0968. The van der Waals surface area contributed by atoms with E-state index in [2.05, 4.69) is 103 Å². The minimum absolute atomic E-state index is 0.380. The number of allylic oxidation sites excluding steroid dienone is 2. The Balaban J connectivity index is 1.88. The Labute approximate surface area is 196 Å². The van der Waals surface area contributed by atoms with Crippen LogP contribution in [0, 0.1) is 0 Å². The molecular formula is C31H30N2. The first-order valence-electron chi connectivity index (χ1n) is 11.3. The zero-order chi connectivity index (χ0) is 23.1. The van der Waals surface area contributed by atoms with Gasteiger partial charge >= 0.3 is 0 Å². The fourth-order valence-corrected chi connectivity index (χ4v) is 4.47. The number of benzene rings is 4. The highest BCUT2D eigenvalue weighted by Gasteiger charge is 2.35. The van der Waals surface area contributed by atoms with Crippen molar-refractivity contribution in [3.8, 4) is 0 Å². The fourth-order valence-electron chi connectivity index (χ4n) is 4.47. The van der Waals surface area contributed by atoms with Crippen LogP contribution in [0.2, 0.25) is 0 Å². The minimum Gasteiger partial charge on any atom is -0.399 e. The lowest BCUT2D eigenvalue weighted by atomic mass is 9.67. The second kappa shape index (κ2) is 10.1. The Morgan fingerprint density at radius 3 is 1.55 bits per heavy atom. The van der Waals surface area contributed by atoms with Crippen LogP contribution in [0.25, 0.3) is 12.2 Å². The van der Waals surface area contributed by atoms with Crippen LogP contribution in [0.4, 0.5) is 11.4 Å². The monoisotopic (exact) mass is 430 g/mol. The summed E-state index contributed by atoms with van der Waals surface area (Å²) in [5, 5.41) is 0. The third kappa shape index (κ3) is 4.75. The number of hydrogen-bond donors (Lipinski definition) is 2.